The van der Waals surface area contributed by atoms with E-state index in [4.69, 9.17) is 11.6 Å². The van der Waals surface area contributed by atoms with Gasteiger partial charge in [0.2, 0.25) is 0 Å². The summed E-state index contributed by atoms with van der Waals surface area (Å²) < 4.78 is 1.10. The van der Waals surface area contributed by atoms with Gasteiger partial charge in [0.1, 0.15) is 0 Å². The van der Waals surface area contributed by atoms with Crippen LogP contribution in [0.5, 0.6) is 0 Å². The van der Waals surface area contributed by atoms with Crippen molar-refractivity contribution in [3.63, 3.8) is 0 Å². The SMILES string of the molecule is Cc1cccc(C)c1C(Cl)Cc1cccc(Br)c1. The molecular formula is C16H16BrCl. The zero-order valence-electron chi connectivity index (χ0n) is 10.6. The predicted molar refractivity (Wildman–Crippen MR) is 82.4 cm³/mol. The van der Waals surface area contributed by atoms with Gasteiger partial charge in [0.15, 0.2) is 0 Å². The molecule has 0 aromatic heterocycles. The lowest BCUT2D eigenvalue weighted by Crippen LogP contribution is -2.01. The molecule has 2 aromatic rings. The minimum atomic E-state index is 0.0282. The highest BCUT2D eigenvalue weighted by Crippen LogP contribution is 2.30. The smallest absolute Gasteiger partial charge is 0.0630 e. The first kappa shape index (κ1) is 13.6. The van der Waals surface area contributed by atoms with Gasteiger partial charge >= 0.3 is 0 Å². The number of benzene rings is 2. The van der Waals surface area contributed by atoms with E-state index in [0.717, 1.165) is 10.9 Å². The maximum Gasteiger partial charge on any atom is 0.0630 e. The van der Waals surface area contributed by atoms with E-state index in [-0.39, 0.29) is 5.38 Å². The Kier molecular flexibility index (Phi) is 4.47. The molecule has 0 aliphatic rings. The molecule has 2 rings (SSSR count). The van der Waals surface area contributed by atoms with Crippen LogP contribution in [0.25, 0.3) is 0 Å². The number of rotatable bonds is 3. The second kappa shape index (κ2) is 5.90. The third kappa shape index (κ3) is 3.15. The van der Waals surface area contributed by atoms with Crippen LogP contribution in [0.4, 0.5) is 0 Å². The van der Waals surface area contributed by atoms with E-state index in [1.54, 1.807) is 0 Å². The Balaban J connectivity index is 2.25. The number of halogens is 2. The van der Waals surface area contributed by atoms with Crippen LogP contribution < -0.4 is 0 Å². The van der Waals surface area contributed by atoms with E-state index in [9.17, 15) is 0 Å². The number of hydrogen-bond donors (Lipinski definition) is 0. The van der Waals surface area contributed by atoms with Gasteiger partial charge < -0.3 is 0 Å². The molecule has 0 nitrogen and oxygen atoms in total. The van der Waals surface area contributed by atoms with E-state index in [1.807, 2.05) is 12.1 Å². The van der Waals surface area contributed by atoms with Crippen LogP contribution in [-0.4, -0.2) is 0 Å². The summed E-state index contributed by atoms with van der Waals surface area (Å²) in [5, 5.41) is 0.0282. The van der Waals surface area contributed by atoms with Gasteiger partial charge in [0.25, 0.3) is 0 Å². The molecule has 0 saturated heterocycles. The Labute approximate surface area is 122 Å². The van der Waals surface area contributed by atoms with Crippen LogP contribution in [0.2, 0.25) is 0 Å². The molecule has 2 aromatic carbocycles. The van der Waals surface area contributed by atoms with Crippen molar-refractivity contribution < 1.29 is 0 Å². The van der Waals surface area contributed by atoms with Crippen LogP contribution in [0.1, 0.15) is 27.6 Å². The Bertz CT molecular complexity index is 528. The van der Waals surface area contributed by atoms with Crippen molar-refractivity contribution in [2.24, 2.45) is 0 Å². The van der Waals surface area contributed by atoms with Crippen molar-refractivity contribution in [1.82, 2.24) is 0 Å². The highest BCUT2D eigenvalue weighted by molar-refractivity contribution is 9.10. The minimum absolute atomic E-state index is 0.0282. The molecule has 0 amide bonds. The lowest BCUT2D eigenvalue weighted by Gasteiger charge is -2.16. The third-order valence-electron chi connectivity index (χ3n) is 3.16. The van der Waals surface area contributed by atoms with Crippen molar-refractivity contribution in [2.45, 2.75) is 25.6 Å². The number of aryl methyl sites for hydroxylation is 2. The molecule has 0 N–H and O–H groups in total. The molecule has 2 heteroatoms. The molecule has 0 bridgehead atoms. The molecule has 0 spiro atoms. The summed E-state index contributed by atoms with van der Waals surface area (Å²) in [7, 11) is 0. The first-order chi connectivity index (χ1) is 8.58. The zero-order chi connectivity index (χ0) is 13.1. The van der Waals surface area contributed by atoms with Gasteiger partial charge in [-0.15, -0.1) is 11.6 Å². The third-order valence-corrected chi connectivity index (χ3v) is 4.03. The maximum atomic E-state index is 6.59. The van der Waals surface area contributed by atoms with Crippen molar-refractivity contribution in [3.05, 3.63) is 69.2 Å². The lowest BCUT2D eigenvalue weighted by molar-refractivity contribution is 0.899. The second-order valence-corrected chi connectivity index (χ2v) is 6.05. The molecule has 0 aliphatic carbocycles. The largest absolute Gasteiger partial charge is 0.117 e. The summed E-state index contributed by atoms with van der Waals surface area (Å²) in [5.41, 5.74) is 5.06. The van der Waals surface area contributed by atoms with Crippen molar-refractivity contribution in [3.8, 4) is 0 Å². The molecule has 0 fully saturated rings. The Morgan fingerprint density at radius 2 is 1.67 bits per heavy atom. The molecule has 0 aliphatic heterocycles. The second-order valence-electron chi connectivity index (χ2n) is 4.61. The molecular weight excluding hydrogens is 308 g/mol. The fourth-order valence-electron chi connectivity index (χ4n) is 2.29. The Morgan fingerprint density at radius 1 is 1.06 bits per heavy atom. The minimum Gasteiger partial charge on any atom is -0.117 e. The average Bonchev–Trinajstić information content (AvgIpc) is 2.28. The fraction of sp³-hybridized carbons (Fsp3) is 0.250. The standard InChI is InChI=1S/C16H16BrCl/c1-11-5-3-6-12(2)16(11)15(18)10-13-7-4-8-14(17)9-13/h3-9,15H,10H2,1-2H3. The van der Waals surface area contributed by atoms with E-state index in [2.05, 4.69) is 60.1 Å². The van der Waals surface area contributed by atoms with Crippen molar-refractivity contribution >= 4 is 27.5 Å². The van der Waals surface area contributed by atoms with Crippen molar-refractivity contribution in [2.75, 3.05) is 0 Å². The maximum absolute atomic E-state index is 6.59. The summed E-state index contributed by atoms with van der Waals surface area (Å²) >= 11 is 10.1. The normalized spacial score (nSPS) is 12.4. The number of alkyl halides is 1. The van der Waals surface area contributed by atoms with Crippen LogP contribution in [0, 0.1) is 13.8 Å². The van der Waals surface area contributed by atoms with Crippen LogP contribution >= 0.6 is 27.5 Å². The molecule has 0 saturated carbocycles. The van der Waals surface area contributed by atoms with Crippen LogP contribution in [-0.2, 0) is 6.42 Å². The van der Waals surface area contributed by atoms with Gasteiger partial charge in [0, 0.05) is 4.47 Å². The monoisotopic (exact) mass is 322 g/mol. The van der Waals surface area contributed by atoms with Gasteiger partial charge in [-0.2, -0.15) is 0 Å². The van der Waals surface area contributed by atoms with E-state index < -0.39 is 0 Å². The molecule has 0 heterocycles. The summed E-state index contributed by atoms with van der Waals surface area (Å²) in [4.78, 5) is 0. The van der Waals surface area contributed by atoms with Crippen LogP contribution in [0.15, 0.2) is 46.9 Å². The summed E-state index contributed by atoms with van der Waals surface area (Å²) in [6, 6.07) is 14.7. The number of hydrogen-bond acceptors (Lipinski definition) is 0. The molecule has 18 heavy (non-hydrogen) atoms. The molecule has 0 radical (unpaired) electrons. The average molecular weight is 324 g/mol. The lowest BCUT2D eigenvalue weighted by atomic mass is 9.96. The molecule has 1 unspecified atom stereocenters. The van der Waals surface area contributed by atoms with Gasteiger partial charge in [-0.3, -0.25) is 0 Å². The summed E-state index contributed by atoms with van der Waals surface area (Å²) in [6.07, 6.45) is 0.854. The van der Waals surface area contributed by atoms with E-state index in [1.165, 1.54) is 22.3 Å². The summed E-state index contributed by atoms with van der Waals surface area (Å²) in [5.74, 6) is 0. The topological polar surface area (TPSA) is 0 Å². The van der Waals surface area contributed by atoms with Gasteiger partial charge in [0.05, 0.1) is 5.38 Å². The zero-order valence-corrected chi connectivity index (χ0v) is 12.9. The molecule has 1 atom stereocenters. The van der Waals surface area contributed by atoms with Gasteiger partial charge in [-0.1, -0.05) is 46.3 Å². The van der Waals surface area contributed by atoms with Crippen molar-refractivity contribution in [1.29, 1.82) is 0 Å². The quantitative estimate of drug-likeness (QED) is 0.646. The van der Waals surface area contributed by atoms with E-state index >= 15 is 0 Å². The highest BCUT2D eigenvalue weighted by Gasteiger charge is 2.13. The predicted octanol–water partition coefficient (Wildman–Crippen LogP) is 5.59. The van der Waals surface area contributed by atoms with Crippen LogP contribution in [0.3, 0.4) is 0 Å². The Hall–Kier alpha value is -0.790. The van der Waals surface area contributed by atoms with E-state index in [0.29, 0.717) is 0 Å². The summed E-state index contributed by atoms with van der Waals surface area (Å²) in [6.45, 7) is 4.25. The van der Waals surface area contributed by atoms with Gasteiger partial charge in [-0.05, 0) is 54.7 Å². The first-order valence-electron chi connectivity index (χ1n) is 6.02. The Morgan fingerprint density at radius 3 is 2.28 bits per heavy atom. The highest BCUT2D eigenvalue weighted by atomic mass is 79.9. The first-order valence-corrected chi connectivity index (χ1v) is 7.25. The molecule has 94 valence electrons. The fourth-order valence-corrected chi connectivity index (χ4v) is 3.26. The van der Waals surface area contributed by atoms with Gasteiger partial charge in [-0.25, -0.2) is 0 Å².